The quantitative estimate of drug-likeness (QED) is 0.688. The summed E-state index contributed by atoms with van der Waals surface area (Å²) in [6, 6.07) is 0.120. The fourth-order valence-corrected chi connectivity index (χ4v) is 0.736. The summed E-state index contributed by atoms with van der Waals surface area (Å²) in [5.41, 5.74) is 6.61. The maximum absolute atomic E-state index is 5.55. The van der Waals surface area contributed by atoms with E-state index in [9.17, 15) is 0 Å². The zero-order valence-electron chi connectivity index (χ0n) is 7.41. The molecule has 1 rings (SSSR count). The van der Waals surface area contributed by atoms with Crippen molar-refractivity contribution in [2.24, 2.45) is 5.73 Å². The van der Waals surface area contributed by atoms with Crippen LogP contribution in [0.15, 0.2) is 12.4 Å². The van der Waals surface area contributed by atoms with Crippen LogP contribution in [0, 0.1) is 6.92 Å². The average Bonchev–Trinajstić information content (AvgIpc) is 2.03. The van der Waals surface area contributed by atoms with Crippen LogP contribution in [0.25, 0.3) is 0 Å². The third kappa shape index (κ3) is 2.84. The molecule has 1 unspecified atom stereocenters. The van der Waals surface area contributed by atoms with E-state index in [-0.39, 0.29) is 6.04 Å². The Morgan fingerprint density at radius 2 is 2.08 bits per heavy atom. The van der Waals surface area contributed by atoms with Gasteiger partial charge in [-0.05, 0) is 19.4 Å². The number of nitrogens with zero attached hydrogens (tertiary/aromatic N) is 2. The van der Waals surface area contributed by atoms with Gasteiger partial charge in [0.25, 0.3) is 0 Å². The van der Waals surface area contributed by atoms with E-state index in [1.165, 1.54) is 0 Å². The number of nitrogens with one attached hydrogen (secondary N) is 1. The summed E-state index contributed by atoms with van der Waals surface area (Å²) in [7, 11) is 0. The molecule has 0 radical (unpaired) electrons. The summed E-state index contributed by atoms with van der Waals surface area (Å²) >= 11 is 0. The molecule has 0 aliphatic rings. The normalized spacial score (nSPS) is 12.6. The van der Waals surface area contributed by atoms with Crippen molar-refractivity contribution in [3.05, 3.63) is 18.0 Å². The highest BCUT2D eigenvalue weighted by Crippen LogP contribution is 1.97. The second-order valence-corrected chi connectivity index (χ2v) is 2.94. The first-order chi connectivity index (χ1) is 5.68. The van der Waals surface area contributed by atoms with Crippen molar-refractivity contribution in [3.63, 3.8) is 0 Å². The number of nitrogens with two attached hydrogens (primary N) is 1. The first kappa shape index (κ1) is 8.93. The molecule has 1 heterocycles. The van der Waals surface area contributed by atoms with Crippen LogP contribution in [0.2, 0.25) is 0 Å². The molecule has 0 saturated carbocycles. The summed E-state index contributed by atoms with van der Waals surface area (Å²) in [6.45, 7) is 4.58. The van der Waals surface area contributed by atoms with Gasteiger partial charge in [-0.3, -0.25) is 0 Å². The summed E-state index contributed by atoms with van der Waals surface area (Å²) in [6.07, 6.45) is 3.55. The van der Waals surface area contributed by atoms with Gasteiger partial charge in [0.1, 0.15) is 0 Å². The Labute approximate surface area is 72.2 Å². The molecular formula is C8H14N4. The maximum Gasteiger partial charge on any atom is 0.222 e. The van der Waals surface area contributed by atoms with Gasteiger partial charge < -0.3 is 11.1 Å². The Bertz CT molecular complexity index is 229. The van der Waals surface area contributed by atoms with Crippen LogP contribution >= 0.6 is 0 Å². The predicted molar refractivity (Wildman–Crippen MR) is 48.9 cm³/mol. The Hall–Kier alpha value is -1.16. The lowest BCUT2D eigenvalue weighted by Gasteiger charge is -2.06. The summed E-state index contributed by atoms with van der Waals surface area (Å²) in [4.78, 5) is 8.14. The van der Waals surface area contributed by atoms with E-state index in [0.717, 1.165) is 5.56 Å². The Morgan fingerprint density at radius 1 is 1.50 bits per heavy atom. The van der Waals surface area contributed by atoms with Crippen molar-refractivity contribution in [1.29, 1.82) is 0 Å². The Morgan fingerprint density at radius 3 is 2.58 bits per heavy atom. The largest absolute Gasteiger partial charge is 0.353 e. The van der Waals surface area contributed by atoms with E-state index in [2.05, 4.69) is 15.3 Å². The highest BCUT2D eigenvalue weighted by atomic mass is 15.1. The minimum Gasteiger partial charge on any atom is -0.353 e. The second-order valence-electron chi connectivity index (χ2n) is 2.94. The number of rotatable bonds is 3. The minimum atomic E-state index is 0.120. The van der Waals surface area contributed by atoms with Gasteiger partial charge in [0.05, 0.1) is 0 Å². The third-order valence-electron chi connectivity index (χ3n) is 1.36. The summed E-state index contributed by atoms with van der Waals surface area (Å²) in [5, 5.41) is 3.02. The van der Waals surface area contributed by atoms with Gasteiger partial charge in [-0.1, -0.05) is 0 Å². The zero-order chi connectivity index (χ0) is 8.97. The Kier molecular flexibility index (Phi) is 2.99. The van der Waals surface area contributed by atoms with E-state index in [0.29, 0.717) is 12.5 Å². The first-order valence-electron chi connectivity index (χ1n) is 3.96. The molecule has 0 fully saturated rings. The van der Waals surface area contributed by atoms with E-state index >= 15 is 0 Å². The van der Waals surface area contributed by atoms with Gasteiger partial charge >= 0.3 is 0 Å². The van der Waals surface area contributed by atoms with Crippen molar-refractivity contribution < 1.29 is 0 Å². The van der Waals surface area contributed by atoms with Crippen molar-refractivity contribution in [2.45, 2.75) is 19.9 Å². The average molecular weight is 166 g/mol. The molecule has 0 saturated heterocycles. The number of aryl methyl sites for hydroxylation is 1. The zero-order valence-corrected chi connectivity index (χ0v) is 7.41. The van der Waals surface area contributed by atoms with Gasteiger partial charge in [-0.25, -0.2) is 9.97 Å². The fourth-order valence-electron chi connectivity index (χ4n) is 0.736. The van der Waals surface area contributed by atoms with Crippen LogP contribution in [0.4, 0.5) is 5.95 Å². The molecule has 0 spiro atoms. The molecular weight excluding hydrogens is 152 g/mol. The first-order valence-corrected chi connectivity index (χ1v) is 3.96. The standard InChI is InChI=1S/C8H14N4/c1-6-3-10-8(11-4-6)12-5-7(2)9/h3-4,7H,5,9H2,1-2H3,(H,10,11,12). The molecule has 1 aromatic heterocycles. The summed E-state index contributed by atoms with van der Waals surface area (Å²) in [5.74, 6) is 0.637. The molecule has 4 heteroatoms. The van der Waals surface area contributed by atoms with Crippen LogP contribution < -0.4 is 11.1 Å². The van der Waals surface area contributed by atoms with Crippen molar-refractivity contribution >= 4 is 5.95 Å². The van der Waals surface area contributed by atoms with Crippen LogP contribution in [0.5, 0.6) is 0 Å². The van der Waals surface area contributed by atoms with Gasteiger partial charge in [0.15, 0.2) is 0 Å². The molecule has 1 aromatic rings. The summed E-state index contributed by atoms with van der Waals surface area (Å²) < 4.78 is 0. The minimum absolute atomic E-state index is 0.120. The number of aromatic nitrogens is 2. The Balaban J connectivity index is 2.48. The molecule has 0 amide bonds. The van der Waals surface area contributed by atoms with Gasteiger partial charge in [0.2, 0.25) is 5.95 Å². The topological polar surface area (TPSA) is 63.8 Å². The molecule has 0 bridgehead atoms. The molecule has 66 valence electrons. The lowest BCUT2D eigenvalue weighted by molar-refractivity contribution is 0.773. The van der Waals surface area contributed by atoms with Crippen LogP contribution in [0.1, 0.15) is 12.5 Å². The SMILES string of the molecule is Cc1cnc(NCC(C)N)nc1. The molecule has 0 aromatic carbocycles. The highest BCUT2D eigenvalue weighted by Gasteiger charge is 1.96. The van der Waals surface area contributed by atoms with E-state index in [1.807, 2.05) is 13.8 Å². The van der Waals surface area contributed by atoms with Gasteiger partial charge in [-0.15, -0.1) is 0 Å². The van der Waals surface area contributed by atoms with Crippen molar-refractivity contribution in [2.75, 3.05) is 11.9 Å². The van der Waals surface area contributed by atoms with Crippen molar-refractivity contribution in [1.82, 2.24) is 9.97 Å². The smallest absolute Gasteiger partial charge is 0.222 e. The van der Waals surface area contributed by atoms with Crippen molar-refractivity contribution in [3.8, 4) is 0 Å². The molecule has 4 nitrogen and oxygen atoms in total. The molecule has 0 aliphatic heterocycles. The number of hydrogen-bond donors (Lipinski definition) is 2. The third-order valence-corrected chi connectivity index (χ3v) is 1.36. The number of anilines is 1. The van der Waals surface area contributed by atoms with E-state index in [4.69, 9.17) is 5.73 Å². The van der Waals surface area contributed by atoms with Crippen LogP contribution in [-0.2, 0) is 0 Å². The molecule has 12 heavy (non-hydrogen) atoms. The van der Waals surface area contributed by atoms with Gasteiger partial charge in [0, 0.05) is 25.0 Å². The monoisotopic (exact) mass is 166 g/mol. The van der Waals surface area contributed by atoms with Gasteiger partial charge in [-0.2, -0.15) is 0 Å². The molecule has 3 N–H and O–H groups in total. The molecule has 0 aliphatic carbocycles. The predicted octanol–water partition coefficient (Wildman–Crippen LogP) is 0.544. The second kappa shape index (κ2) is 4.01. The van der Waals surface area contributed by atoms with E-state index < -0.39 is 0 Å². The lowest BCUT2D eigenvalue weighted by Crippen LogP contribution is -2.25. The highest BCUT2D eigenvalue weighted by molar-refractivity contribution is 5.24. The molecule has 1 atom stereocenters. The maximum atomic E-state index is 5.55. The number of hydrogen-bond acceptors (Lipinski definition) is 4. The van der Waals surface area contributed by atoms with E-state index in [1.54, 1.807) is 12.4 Å². The lowest BCUT2D eigenvalue weighted by atomic mass is 10.4. The fraction of sp³-hybridized carbons (Fsp3) is 0.500. The van der Waals surface area contributed by atoms with Crippen LogP contribution in [0.3, 0.4) is 0 Å². The van der Waals surface area contributed by atoms with Crippen LogP contribution in [-0.4, -0.2) is 22.6 Å².